The van der Waals surface area contributed by atoms with Gasteiger partial charge in [0.2, 0.25) is 5.91 Å². The maximum atomic E-state index is 13.3. The fraction of sp³-hybridized carbons (Fsp3) is 0.960. The number of hydrogen-bond acceptors (Lipinski definition) is 10. The van der Waals surface area contributed by atoms with Gasteiger partial charge in [-0.3, -0.25) is 4.79 Å². The van der Waals surface area contributed by atoms with Crippen LogP contribution in [0.1, 0.15) is 393 Å². The van der Waals surface area contributed by atoms with Gasteiger partial charge < -0.3 is 50.5 Å². The van der Waals surface area contributed by atoms with Crippen molar-refractivity contribution in [1.29, 1.82) is 0 Å². The molecule has 9 unspecified atom stereocenters. The zero-order valence-corrected chi connectivity index (χ0v) is 56.8. The Kier molecular flexibility index (Phi) is 61.6. The Morgan fingerprint density at radius 2 is 0.674 bits per heavy atom. The lowest BCUT2D eigenvalue weighted by molar-refractivity contribution is -0.303. The van der Waals surface area contributed by atoms with Gasteiger partial charge in [-0.15, -0.1) is 0 Å². The number of aliphatic hydroxyl groups is 7. The highest BCUT2D eigenvalue weighted by Gasteiger charge is 2.44. The summed E-state index contributed by atoms with van der Waals surface area (Å²) in [4.78, 5) is 13.3. The molecule has 1 aliphatic rings. The van der Waals surface area contributed by atoms with E-state index in [0.717, 1.165) is 38.5 Å². The molecule has 8 N–H and O–H groups in total. The van der Waals surface area contributed by atoms with Crippen molar-refractivity contribution in [3.05, 3.63) is 12.2 Å². The molecule has 11 heteroatoms. The van der Waals surface area contributed by atoms with Gasteiger partial charge in [-0.05, 0) is 38.5 Å². The van der Waals surface area contributed by atoms with Crippen molar-refractivity contribution in [1.82, 2.24) is 5.32 Å². The molecule has 0 bridgehead atoms. The summed E-state index contributed by atoms with van der Waals surface area (Å²) in [5.74, 6) is -0.688. The van der Waals surface area contributed by atoms with E-state index < -0.39 is 74.2 Å². The number of ether oxygens (including phenoxy) is 2. The topological polar surface area (TPSA) is 189 Å². The molecular weight excluding hydrogens is 1070 g/mol. The van der Waals surface area contributed by atoms with Gasteiger partial charge in [-0.2, -0.15) is 0 Å². The molecule has 86 heavy (non-hydrogen) atoms. The van der Waals surface area contributed by atoms with Crippen molar-refractivity contribution >= 4 is 5.91 Å². The van der Waals surface area contributed by atoms with Gasteiger partial charge in [0.15, 0.2) is 6.29 Å². The van der Waals surface area contributed by atoms with Crippen molar-refractivity contribution in [3.63, 3.8) is 0 Å². The number of carbonyl (C=O) groups is 1. The molecule has 0 aromatic heterocycles. The van der Waals surface area contributed by atoms with Crippen LogP contribution in [0.2, 0.25) is 0 Å². The van der Waals surface area contributed by atoms with Gasteiger partial charge in [0, 0.05) is 0 Å². The number of nitrogens with one attached hydrogen (secondary N) is 1. The number of rotatable bonds is 68. The molecule has 11 nitrogen and oxygen atoms in total. The van der Waals surface area contributed by atoms with E-state index in [9.17, 15) is 40.5 Å². The molecule has 0 spiro atoms. The zero-order chi connectivity index (χ0) is 62.4. The zero-order valence-electron chi connectivity index (χ0n) is 56.8. The van der Waals surface area contributed by atoms with Crippen LogP contribution in [0.5, 0.6) is 0 Å². The van der Waals surface area contributed by atoms with Crippen LogP contribution in [0.25, 0.3) is 0 Å². The highest BCUT2D eigenvalue weighted by atomic mass is 16.7. The minimum Gasteiger partial charge on any atom is -0.394 e. The van der Waals surface area contributed by atoms with Crippen LogP contribution in [-0.4, -0.2) is 110 Å². The lowest BCUT2D eigenvalue weighted by Crippen LogP contribution is -2.60. The number of amides is 1. The minimum atomic E-state index is -1.66. The average Bonchev–Trinajstić information content (AvgIpc) is 2.54. The molecule has 0 aromatic rings. The molecule has 0 aromatic carbocycles. The normalized spacial score (nSPS) is 18.7. The standard InChI is InChI=1S/C75H147NO10/c1-3-5-7-9-11-13-15-17-19-21-23-25-27-29-31-32-33-34-35-37-39-41-43-45-47-49-51-53-55-57-59-61-63-68(79)74(84)76-66(65-85-75-73(83)72(82)71(81)69(64-77)86-75)70(80)67(78)62-60-58-56-54-52-50-48-46-44-42-40-38-36-30-28-26-24-22-20-18-16-14-12-10-8-6-4-2/h29,31,66-73,75,77-83H,3-28,30,32-65H2,1-2H3,(H,76,84)/b31-29-. The summed E-state index contributed by atoms with van der Waals surface area (Å²) in [5.41, 5.74) is 0. The second kappa shape index (κ2) is 64.0. The molecule has 1 saturated heterocycles. The number of carbonyl (C=O) groups excluding carboxylic acids is 1. The van der Waals surface area contributed by atoms with Gasteiger partial charge in [0.05, 0.1) is 25.4 Å². The van der Waals surface area contributed by atoms with E-state index >= 15 is 0 Å². The quantitative estimate of drug-likeness (QED) is 0.0215. The van der Waals surface area contributed by atoms with E-state index in [2.05, 4.69) is 31.3 Å². The van der Waals surface area contributed by atoms with Gasteiger partial charge in [0.25, 0.3) is 0 Å². The Morgan fingerprint density at radius 1 is 0.395 bits per heavy atom. The molecule has 1 amide bonds. The molecule has 0 aliphatic carbocycles. The summed E-state index contributed by atoms with van der Waals surface area (Å²) in [7, 11) is 0. The lowest BCUT2D eigenvalue weighted by atomic mass is 9.98. The highest BCUT2D eigenvalue weighted by molar-refractivity contribution is 5.80. The smallest absolute Gasteiger partial charge is 0.249 e. The van der Waals surface area contributed by atoms with E-state index in [0.29, 0.717) is 19.3 Å². The van der Waals surface area contributed by atoms with Crippen molar-refractivity contribution in [2.24, 2.45) is 0 Å². The Labute approximate surface area is 532 Å². The lowest BCUT2D eigenvalue weighted by Gasteiger charge is -2.40. The monoisotopic (exact) mass is 1220 g/mol. The van der Waals surface area contributed by atoms with Gasteiger partial charge in [-0.1, -0.05) is 366 Å². The largest absolute Gasteiger partial charge is 0.394 e. The molecule has 9 atom stereocenters. The first-order valence-corrected chi connectivity index (χ1v) is 38.1. The predicted octanol–water partition coefficient (Wildman–Crippen LogP) is 19.0. The summed E-state index contributed by atoms with van der Waals surface area (Å²) < 4.78 is 11.2. The molecular formula is C75H147NO10. The fourth-order valence-electron chi connectivity index (χ4n) is 12.7. The van der Waals surface area contributed by atoms with E-state index in [1.165, 1.54) is 315 Å². The van der Waals surface area contributed by atoms with Crippen molar-refractivity contribution < 1.29 is 50.0 Å². The fourth-order valence-corrected chi connectivity index (χ4v) is 12.7. The van der Waals surface area contributed by atoms with Crippen LogP contribution >= 0.6 is 0 Å². The van der Waals surface area contributed by atoms with Crippen molar-refractivity contribution in [3.8, 4) is 0 Å². The van der Waals surface area contributed by atoms with Gasteiger partial charge in [-0.25, -0.2) is 0 Å². The molecule has 0 saturated carbocycles. The number of unbranched alkanes of at least 4 members (excludes halogenated alkanes) is 54. The summed E-state index contributed by atoms with van der Waals surface area (Å²) in [6.45, 7) is 3.53. The molecule has 1 rings (SSSR count). The highest BCUT2D eigenvalue weighted by Crippen LogP contribution is 2.24. The van der Waals surface area contributed by atoms with Crippen molar-refractivity contribution in [2.45, 2.75) is 448 Å². The number of allylic oxidation sites excluding steroid dienone is 2. The predicted molar refractivity (Wildman–Crippen MR) is 363 cm³/mol. The molecule has 512 valence electrons. The second-order valence-corrected chi connectivity index (χ2v) is 27.1. The van der Waals surface area contributed by atoms with Gasteiger partial charge >= 0.3 is 0 Å². The van der Waals surface area contributed by atoms with Crippen LogP contribution in [0.15, 0.2) is 12.2 Å². The Balaban J connectivity index is 2.15. The van der Waals surface area contributed by atoms with Crippen LogP contribution < -0.4 is 5.32 Å². The van der Waals surface area contributed by atoms with Crippen LogP contribution in [0, 0.1) is 0 Å². The van der Waals surface area contributed by atoms with E-state index in [4.69, 9.17) is 9.47 Å². The number of aliphatic hydroxyl groups excluding tert-OH is 7. The maximum Gasteiger partial charge on any atom is 0.249 e. The third kappa shape index (κ3) is 50.5. The van der Waals surface area contributed by atoms with E-state index in [1.807, 2.05) is 0 Å². The molecule has 1 aliphatic heterocycles. The Bertz CT molecular complexity index is 1400. The minimum absolute atomic E-state index is 0.265. The van der Waals surface area contributed by atoms with Crippen LogP contribution in [0.3, 0.4) is 0 Å². The SMILES string of the molecule is CCCCCCCCCCCCCC/C=C\CCCCCCCCCCCCCCCCCCC(O)C(=O)NC(COC1OC(CO)C(O)C(O)C1O)C(O)C(O)CCCCCCCCCCCCCCCCCCCCCCCCCCCCC. The van der Waals surface area contributed by atoms with E-state index in [-0.39, 0.29) is 6.42 Å². The molecule has 1 heterocycles. The molecule has 0 radical (unpaired) electrons. The van der Waals surface area contributed by atoms with Crippen molar-refractivity contribution in [2.75, 3.05) is 13.2 Å². The second-order valence-electron chi connectivity index (χ2n) is 27.1. The van der Waals surface area contributed by atoms with Crippen LogP contribution in [-0.2, 0) is 14.3 Å². The van der Waals surface area contributed by atoms with Gasteiger partial charge in [0.1, 0.15) is 36.6 Å². The molecule has 1 fully saturated rings. The first-order chi connectivity index (χ1) is 42.2. The third-order valence-corrected chi connectivity index (χ3v) is 18.8. The van der Waals surface area contributed by atoms with Crippen LogP contribution in [0.4, 0.5) is 0 Å². The summed E-state index contributed by atoms with van der Waals surface area (Å²) in [6.07, 6.45) is 68.8. The maximum absolute atomic E-state index is 13.3. The number of hydrogen-bond donors (Lipinski definition) is 8. The summed E-state index contributed by atoms with van der Waals surface area (Å²) in [6, 6.07) is -1.17. The Hall–Kier alpha value is -1.15. The third-order valence-electron chi connectivity index (χ3n) is 18.8. The first kappa shape index (κ1) is 82.9. The summed E-state index contributed by atoms with van der Waals surface area (Å²) >= 11 is 0. The average molecular weight is 1220 g/mol. The Morgan fingerprint density at radius 3 is 0.977 bits per heavy atom. The first-order valence-electron chi connectivity index (χ1n) is 38.1. The summed E-state index contributed by atoms with van der Waals surface area (Å²) in [5, 5.41) is 76.7. The van der Waals surface area contributed by atoms with E-state index in [1.54, 1.807) is 0 Å².